The van der Waals surface area contributed by atoms with Crippen molar-refractivity contribution in [2.75, 3.05) is 10.2 Å². The van der Waals surface area contributed by atoms with E-state index in [4.69, 9.17) is 0 Å². The Kier molecular flexibility index (Phi) is 5.46. The molecule has 1 heterocycles. The number of hydrogen-bond donors (Lipinski definition) is 1. The highest BCUT2D eigenvalue weighted by molar-refractivity contribution is 8.04. The molecule has 0 atom stereocenters. The molecule has 0 aliphatic carbocycles. The van der Waals surface area contributed by atoms with E-state index in [1.54, 1.807) is 0 Å². The zero-order valence-corrected chi connectivity index (χ0v) is 17.9. The maximum Gasteiger partial charge on any atom is 0.283 e. The molecule has 2 amide bonds. The zero-order valence-electron chi connectivity index (χ0n) is 17.1. The number of carbonyl (C=O) groups excluding carboxylic acids is 2. The third-order valence-corrected chi connectivity index (χ3v) is 5.98. The Labute approximate surface area is 180 Å². The first kappa shape index (κ1) is 20.0. The number of aryl methyl sites for hydroxylation is 3. The fourth-order valence-corrected chi connectivity index (χ4v) is 4.41. The minimum Gasteiger partial charge on any atom is -0.350 e. The van der Waals surface area contributed by atoms with Crippen LogP contribution in [0.1, 0.15) is 16.7 Å². The lowest BCUT2D eigenvalue weighted by Crippen LogP contribution is -2.33. The average Bonchev–Trinajstić information content (AvgIpc) is 2.93. The van der Waals surface area contributed by atoms with Gasteiger partial charge in [0.25, 0.3) is 11.8 Å². The molecule has 0 saturated carbocycles. The van der Waals surface area contributed by atoms with Crippen molar-refractivity contribution in [2.24, 2.45) is 0 Å². The molecule has 0 spiro atoms. The summed E-state index contributed by atoms with van der Waals surface area (Å²) in [6.07, 6.45) is 0. The number of carbonyl (C=O) groups is 2. The quantitative estimate of drug-likeness (QED) is 0.552. The van der Waals surface area contributed by atoms with Gasteiger partial charge in [0.05, 0.1) is 5.69 Å². The molecule has 0 aromatic heterocycles. The van der Waals surface area contributed by atoms with E-state index in [2.05, 4.69) is 5.32 Å². The van der Waals surface area contributed by atoms with Crippen molar-refractivity contribution in [2.45, 2.75) is 25.7 Å². The van der Waals surface area contributed by atoms with Crippen molar-refractivity contribution in [1.29, 1.82) is 0 Å². The Morgan fingerprint density at radius 2 is 1.50 bits per heavy atom. The molecule has 3 aromatic carbocycles. The van der Waals surface area contributed by atoms with Gasteiger partial charge in [-0.2, -0.15) is 0 Å². The summed E-state index contributed by atoms with van der Waals surface area (Å²) in [5.41, 5.74) is 4.74. The van der Waals surface area contributed by atoms with Crippen molar-refractivity contribution < 1.29 is 9.59 Å². The maximum atomic E-state index is 13.4. The molecule has 1 N–H and O–H groups in total. The summed E-state index contributed by atoms with van der Waals surface area (Å²) in [4.78, 5) is 29.4. The first-order chi connectivity index (χ1) is 14.4. The number of rotatable bonds is 5. The van der Waals surface area contributed by atoms with Crippen LogP contribution in [0, 0.1) is 20.8 Å². The van der Waals surface area contributed by atoms with Crippen LogP contribution in [0.4, 0.5) is 11.4 Å². The average molecular weight is 415 g/mol. The SMILES string of the molecule is Cc1cccc(NC2=C(Sc3ccccc3)C(=O)N(c3ccc(C)cc3C)C2=O)c1. The van der Waals surface area contributed by atoms with Gasteiger partial charge >= 0.3 is 0 Å². The van der Waals surface area contributed by atoms with E-state index in [1.807, 2.05) is 93.6 Å². The number of thioether (sulfide) groups is 1. The third kappa shape index (κ3) is 3.89. The Morgan fingerprint density at radius 3 is 2.20 bits per heavy atom. The van der Waals surface area contributed by atoms with Crippen molar-refractivity contribution in [1.82, 2.24) is 0 Å². The molecule has 0 saturated heterocycles. The molecule has 0 fully saturated rings. The summed E-state index contributed by atoms with van der Waals surface area (Å²) in [5, 5.41) is 3.21. The van der Waals surface area contributed by atoms with Gasteiger partial charge in [-0.05, 0) is 62.2 Å². The highest BCUT2D eigenvalue weighted by atomic mass is 32.2. The molecule has 150 valence electrons. The number of anilines is 2. The van der Waals surface area contributed by atoms with E-state index in [9.17, 15) is 9.59 Å². The second-order valence-corrected chi connectivity index (χ2v) is 8.43. The predicted molar refractivity (Wildman–Crippen MR) is 123 cm³/mol. The highest BCUT2D eigenvalue weighted by Crippen LogP contribution is 2.38. The topological polar surface area (TPSA) is 49.4 Å². The van der Waals surface area contributed by atoms with Crippen LogP contribution in [0.2, 0.25) is 0 Å². The first-order valence-electron chi connectivity index (χ1n) is 9.71. The Bertz CT molecular complexity index is 1170. The van der Waals surface area contributed by atoms with Crippen LogP contribution >= 0.6 is 11.8 Å². The molecule has 0 unspecified atom stereocenters. The van der Waals surface area contributed by atoms with Gasteiger partial charge in [-0.3, -0.25) is 9.59 Å². The lowest BCUT2D eigenvalue weighted by atomic mass is 10.1. The lowest BCUT2D eigenvalue weighted by molar-refractivity contribution is -0.120. The summed E-state index contributed by atoms with van der Waals surface area (Å²) >= 11 is 1.31. The van der Waals surface area contributed by atoms with Crippen LogP contribution < -0.4 is 10.2 Å². The summed E-state index contributed by atoms with van der Waals surface area (Å²) in [6, 6.07) is 23.1. The number of nitrogens with zero attached hydrogens (tertiary/aromatic N) is 1. The van der Waals surface area contributed by atoms with Crippen LogP contribution in [-0.4, -0.2) is 11.8 Å². The molecular weight excluding hydrogens is 392 g/mol. The summed E-state index contributed by atoms with van der Waals surface area (Å²) < 4.78 is 0. The van der Waals surface area contributed by atoms with Gasteiger partial charge in [-0.1, -0.05) is 59.8 Å². The van der Waals surface area contributed by atoms with E-state index < -0.39 is 0 Å². The highest BCUT2D eigenvalue weighted by Gasteiger charge is 2.40. The predicted octanol–water partition coefficient (Wildman–Crippen LogP) is 5.60. The number of amides is 2. The van der Waals surface area contributed by atoms with Crippen molar-refractivity contribution >= 4 is 35.0 Å². The number of hydrogen-bond acceptors (Lipinski definition) is 4. The lowest BCUT2D eigenvalue weighted by Gasteiger charge is -2.18. The fourth-order valence-electron chi connectivity index (χ4n) is 3.46. The molecule has 0 bridgehead atoms. The summed E-state index contributed by atoms with van der Waals surface area (Å²) in [6.45, 7) is 5.89. The van der Waals surface area contributed by atoms with Gasteiger partial charge < -0.3 is 5.32 Å². The molecule has 30 heavy (non-hydrogen) atoms. The normalized spacial score (nSPS) is 13.9. The minimum atomic E-state index is -0.341. The smallest absolute Gasteiger partial charge is 0.283 e. The molecular formula is C25H22N2O2S. The van der Waals surface area contributed by atoms with Crippen LogP contribution in [0.15, 0.2) is 88.3 Å². The van der Waals surface area contributed by atoms with Gasteiger partial charge in [0.15, 0.2) is 0 Å². The van der Waals surface area contributed by atoms with E-state index in [1.165, 1.54) is 16.7 Å². The van der Waals surface area contributed by atoms with Crippen LogP contribution in [0.3, 0.4) is 0 Å². The standard InChI is InChI=1S/C25H22N2O2S/c1-16-8-7-9-19(15-16)26-22-23(30-20-10-5-4-6-11-20)25(29)27(24(22)28)21-13-12-17(2)14-18(21)3/h4-15,26H,1-3H3. The zero-order chi connectivity index (χ0) is 21.3. The fraction of sp³-hybridized carbons (Fsp3) is 0.120. The molecule has 4 rings (SSSR count). The van der Waals surface area contributed by atoms with Crippen molar-refractivity contribution in [3.05, 3.63) is 100 Å². The van der Waals surface area contributed by atoms with E-state index in [0.717, 1.165) is 27.3 Å². The maximum absolute atomic E-state index is 13.4. The molecule has 4 nitrogen and oxygen atoms in total. The Morgan fingerprint density at radius 1 is 0.767 bits per heavy atom. The number of benzene rings is 3. The minimum absolute atomic E-state index is 0.305. The van der Waals surface area contributed by atoms with Crippen molar-refractivity contribution in [3.63, 3.8) is 0 Å². The summed E-state index contributed by atoms with van der Waals surface area (Å²) in [7, 11) is 0. The molecule has 1 aliphatic rings. The van der Waals surface area contributed by atoms with E-state index in [-0.39, 0.29) is 11.8 Å². The Hall–Kier alpha value is -3.31. The van der Waals surface area contributed by atoms with Gasteiger partial charge in [-0.25, -0.2) is 4.90 Å². The second-order valence-electron chi connectivity index (χ2n) is 7.35. The van der Waals surface area contributed by atoms with Crippen LogP contribution in [0.25, 0.3) is 0 Å². The molecule has 3 aromatic rings. The van der Waals surface area contributed by atoms with Gasteiger partial charge in [0, 0.05) is 10.6 Å². The summed E-state index contributed by atoms with van der Waals surface area (Å²) in [5.74, 6) is -0.650. The van der Waals surface area contributed by atoms with Crippen molar-refractivity contribution in [3.8, 4) is 0 Å². The number of imide groups is 1. The third-order valence-electron chi connectivity index (χ3n) is 4.89. The van der Waals surface area contributed by atoms with Gasteiger partial charge in [0.1, 0.15) is 10.6 Å². The Balaban J connectivity index is 1.77. The van der Waals surface area contributed by atoms with Gasteiger partial charge in [-0.15, -0.1) is 0 Å². The second kappa shape index (κ2) is 8.20. The largest absolute Gasteiger partial charge is 0.350 e. The molecule has 0 radical (unpaired) electrons. The van der Waals surface area contributed by atoms with Crippen LogP contribution in [0.5, 0.6) is 0 Å². The molecule has 1 aliphatic heterocycles. The van der Waals surface area contributed by atoms with E-state index >= 15 is 0 Å². The molecule has 5 heteroatoms. The first-order valence-corrected chi connectivity index (χ1v) is 10.5. The van der Waals surface area contributed by atoms with E-state index in [0.29, 0.717) is 16.3 Å². The van der Waals surface area contributed by atoms with Crippen LogP contribution in [-0.2, 0) is 9.59 Å². The number of nitrogens with one attached hydrogen (secondary N) is 1. The van der Waals surface area contributed by atoms with Gasteiger partial charge in [0.2, 0.25) is 0 Å². The monoisotopic (exact) mass is 414 g/mol.